The number of nitrogens with one attached hydrogen (secondary N) is 2. The highest BCUT2D eigenvalue weighted by Crippen LogP contribution is 2.51. The number of hydrogen-bond acceptors (Lipinski definition) is 3. The third-order valence-electron chi connectivity index (χ3n) is 6.41. The molecule has 170 valence electrons. The van der Waals surface area contributed by atoms with Gasteiger partial charge in [-0.15, -0.1) is 0 Å². The van der Waals surface area contributed by atoms with Crippen LogP contribution in [0.15, 0.2) is 91.0 Å². The maximum atomic E-state index is 12.6. The van der Waals surface area contributed by atoms with Crippen molar-refractivity contribution in [2.24, 2.45) is 5.73 Å². The molecule has 0 saturated heterocycles. The van der Waals surface area contributed by atoms with Crippen molar-refractivity contribution in [3.8, 4) is 0 Å². The van der Waals surface area contributed by atoms with E-state index in [9.17, 15) is 9.59 Å². The average molecular weight is 452 g/mol. The van der Waals surface area contributed by atoms with E-state index in [4.69, 9.17) is 10.8 Å². The summed E-state index contributed by atoms with van der Waals surface area (Å²) in [6.45, 7) is 0. The predicted octanol–water partition coefficient (Wildman–Crippen LogP) is 5.61. The molecule has 5 N–H and O–H groups in total. The fraction of sp³-hybridized carbons (Fsp3) is 0.143. The van der Waals surface area contributed by atoms with Crippen LogP contribution < -0.4 is 16.4 Å². The Hall–Kier alpha value is -4.16. The zero-order chi connectivity index (χ0) is 23.7. The van der Waals surface area contributed by atoms with E-state index in [1.807, 2.05) is 36.4 Å². The first-order chi connectivity index (χ1) is 16.4. The zero-order valence-corrected chi connectivity index (χ0v) is 18.5. The molecule has 2 amide bonds. The number of carbonyl (C=O) groups is 2. The van der Waals surface area contributed by atoms with Gasteiger partial charge in [0.1, 0.15) is 0 Å². The Morgan fingerprint density at radius 3 is 2.38 bits per heavy atom. The fourth-order valence-electron chi connectivity index (χ4n) is 4.56. The highest BCUT2D eigenvalue weighted by Gasteiger charge is 2.51. The molecule has 2 atom stereocenters. The lowest BCUT2D eigenvalue weighted by molar-refractivity contribution is 0.102. The van der Waals surface area contributed by atoms with Gasteiger partial charge in [-0.05, 0) is 65.1 Å². The van der Waals surface area contributed by atoms with Crippen molar-refractivity contribution in [2.75, 3.05) is 10.6 Å². The summed E-state index contributed by atoms with van der Waals surface area (Å²) in [4.78, 5) is 23.4. The van der Waals surface area contributed by atoms with Crippen LogP contribution in [0.2, 0.25) is 0 Å². The van der Waals surface area contributed by atoms with E-state index in [1.165, 1.54) is 22.4 Å². The van der Waals surface area contributed by atoms with E-state index in [-0.39, 0.29) is 17.4 Å². The first-order valence-electron chi connectivity index (χ1n) is 11.2. The molecule has 5 rings (SSSR count). The smallest absolute Gasteiger partial charge is 0.409 e. The summed E-state index contributed by atoms with van der Waals surface area (Å²) in [5, 5.41) is 16.4. The minimum atomic E-state index is -1.18. The Bertz CT molecular complexity index is 1380. The second kappa shape index (κ2) is 8.65. The molecule has 1 aliphatic rings. The third-order valence-corrected chi connectivity index (χ3v) is 6.41. The van der Waals surface area contributed by atoms with Crippen LogP contribution in [0, 0.1) is 0 Å². The lowest BCUT2D eigenvalue weighted by atomic mass is 9.97. The third kappa shape index (κ3) is 4.63. The molecule has 6 heteroatoms. The number of amides is 2. The number of hydrogen-bond donors (Lipinski definition) is 4. The number of carbonyl (C=O) groups excluding carboxylic acids is 1. The molecular weight excluding hydrogens is 426 g/mol. The van der Waals surface area contributed by atoms with Crippen molar-refractivity contribution in [3.05, 3.63) is 108 Å². The molecule has 0 radical (unpaired) electrons. The van der Waals surface area contributed by atoms with Gasteiger partial charge in [-0.3, -0.25) is 10.1 Å². The molecule has 1 aliphatic carbocycles. The standard InChI is InChI=1S/C28H25N3O3/c29-28(16-18-8-9-19-4-1-2-5-21(19)14-18)17-25(28)20-10-12-23(13-11-20)30-26(32)22-6-3-7-24(15-22)31-27(33)34/h1-15,25,31H,16-17,29H2,(H,30,32)(H,33,34). The van der Waals surface area contributed by atoms with Crippen LogP contribution in [0.25, 0.3) is 10.8 Å². The van der Waals surface area contributed by atoms with Crippen LogP contribution in [0.3, 0.4) is 0 Å². The Kier molecular flexibility index (Phi) is 5.51. The van der Waals surface area contributed by atoms with E-state index in [1.54, 1.807) is 18.2 Å². The molecule has 0 aliphatic heterocycles. The molecule has 0 spiro atoms. The minimum Gasteiger partial charge on any atom is -0.465 e. The molecule has 0 aromatic heterocycles. The quantitative estimate of drug-likeness (QED) is 0.306. The predicted molar refractivity (Wildman–Crippen MR) is 134 cm³/mol. The van der Waals surface area contributed by atoms with Crippen LogP contribution in [-0.2, 0) is 6.42 Å². The van der Waals surface area contributed by atoms with Crippen molar-refractivity contribution in [1.29, 1.82) is 0 Å². The van der Waals surface area contributed by atoms with E-state index in [0.29, 0.717) is 16.9 Å². The Balaban J connectivity index is 1.23. The Morgan fingerprint density at radius 2 is 1.62 bits per heavy atom. The molecule has 4 aromatic rings. The lowest BCUT2D eigenvalue weighted by Crippen LogP contribution is -2.27. The summed E-state index contributed by atoms with van der Waals surface area (Å²) in [6.07, 6.45) is 0.571. The molecular formula is C28H25N3O3. The molecule has 2 unspecified atom stereocenters. The maximum Gasteiger partial charge on any atom is 0.409 e. The fourth-order valence-corrected chi connectivity index (χ4v) is 4.56. The monoisotopic (exact) mass is 451 g/mol. The van der Waals surface area contributed by atoms with Crippen LogP contribution in [0.4, 0.5) is 16.2 Å². The minimum absolute atomic E-state index is 0.259. The van der Waals surface area contributed by atoms with Crippen molar-refractivity contribution >= 4 is 34.1 Å². The number of benzene rings is 4. The number of anilines is 2. The maximum absolute atomic E-state index is 12.6. The summed E-state index contributed by atoms with van der Waals surface area (Å²) in [5.41, 5.74) is 10.3. The van der Waals surface area contributed by atoms with Gasteiger partial charge in [-0.2, -0.15) is 0 Å². The van der Waals surface area contributed by atoms with E-state index in [2.05, 4.69) is 41.0 Å². The van der Waals surface area contributed by atoms with Gasteiger partial charge in [0, 0.05) is 28.4 Å². The van der Waals surface area contributed by atoms with Gasteiger partial charge in [0.2, 0.25) is 0 Å². The summed E-state index contributed by atoms with van der Waals surface area (Å²) in [6, 6.07) is 29.0. The van der Waals surface area contributed by atoms with Gasteiger partial charge >= 0.3 is 6.09 Å². The van der Waals surface area contributed by atoms with Crippen molar-refractivity contribution in [1.82, 2.24) is 0 Å². The zero-order valence-electron chi connectivity index (χ0n) is 18.5. The largest absolute Gasteiger partial charge is 0.465 e. The highest BCUT2D eigenvalue weighted by molar-refractivity contribution is 6.05. The van der Waals surface area contributed by atoms with Gasteiger partial charge in [0.05, 0.1) is 0 Å². The summed E-state index contributed by atoms with van der Waals surface area (Å²) in [5.74, 6) is -0.0276. The molecule has 6 nitrogen and oxygen atoms in total. The first-order valence-corrected chi connectivity index (χ1v) is 11.2. The molecule has 0 heterocycles. The molecule has 34 heavy (non-hydrogen) atoms. The highest BCUT2D eigenvalue weighted by atomic mass is 16.4. The molecule has 0 bridgehead atoms. The van der Waals surface area contributed by atoms with Gasteiger partial charge in [0.25, 0.3) is 5.91 Å². The lowest BCUT2D eigenvalue weighted by Gasteiger charge is -2.13. The average Bonchev–Trinajstić information content (AvgIpc) is 3.49. The van der Waals surface area contributed by atoms with E-state index < -0.39 is 6.09 Å². The van der Waals surface area contributed by atoms with Crippen molar-refractivity contribution in [3.63, 3.8) is 0 Å². The van der Waals surface area contributed by atoms with Crippen LogP contribution in [0.5, 0.6) is 0 Å². The number of carboxylic acid groups (broad SMARTS) is 1. The van der Waals surface area contributed by atoms with Gasteiger partial charge in [-0.1, -0.05) is 60.7 Å². The first kappa shape index (κ1) is 21.7. The van der Waals surface area contributed by atoms with Crippen LogP contribution in [0.1, 0.15) is 33.8 Å². The summed E-state index contributed by atoms with van der Waals surface area (Å²) >= 11 is 0. The number of fused-ring (bicyclic) bond motifs is 1. The van der Waals surface area contributed by atoms with E-state index in [0.717, 1.165) is 18.4 Å². The van der Waals surface area contributed by atoms with E-state index >= 15 is 0 Å². The van der Waals surface area contributed by atoms with Crippen LogP contribution >= 0.6 is 0 Å². The molecule has 1 saturated carbocycles. The Morgan fingerprint density at radius 1 is 0.853 bits per heavy atom. The summed E-state index contributed by atoms with van der Waals surface area (Å²) < 4.78 is 0. The second-order valence-electron chi connectivity index (χ2n) is 8.94. The van der Waals surface area contributed by atoms with Gasteiger partial charge in [0.15, 0.2) is 0 Å². The second-order valence-corrected chi connectivity index (χ2v) is 8.94. The molecule has 1 fully saturated rings. The van der Waals surface area contributed by atoms with Gasteiger partial charge in [-0.25, -0.2) is 4.79 Å². The van der Waals surface area contributed by atoms with Gasteiger partial charge < -0.3 is 16.2 Å². The SMILES string of the molecule is NC1(Cc2ccc3ccccc3c2)CC1c1ccc(NC(=O)c2cccc(NC(=O)O)c2)cc1. The van der Waals surface area contributed by atoms with Crippen LogP contribution in [-0.4, -0.2) is 22.6 Å². The Labute approximate surface area is 197 Å². The normalized spacial score (nSPS) is 18.9. The van der Waals surface area contributed by atoms with Crippen molar-refractivity contribution < 1.29 is 14.7 Å². The number of nitrogens with two attached hydrogens (primary N) is 1. The topological polar surface area (TPSA) is 104 Å². The summed E-state index contributed by atoms with van der Waals surface area (Å²) in [7, 11) is 0. The molecule has 4 aromatic carbocycles. The van der Waals surface area contributed by atoms with Crippen molar-refractivity contribution in [2.45, 2.75) is 24.3 Å². The number of rotatable bonds is 6.